The molecule has 7 heteroatoms. The van der Waals surface area contributed by atoms with Crippen molar-refractivity contribution in [2.45, 2.75) is 39.7 Å². The Kier molecular flexibility index (Phi) is 9.93. The van der Waals surface area contributed by atoms with Gasteiger partial charge in [-0.1, -0.05) is 6.07 Å². The van der Waals surface area contributed by atoms with Gasteiger partial charge in [0.05, 0.1) is 6.61 Å². The first-order chi connectivity index (χ1) is 13.7. The largest absolute Gasteiger partial charge is 0.493 e. The zero-order chi connectivity index (χ0) is 20.0. The summed E-state index contributed by atoms with van der Waals surface area (Å²) in [5.41, 5.74) is 0.956. The van der Waals surface area contributed by atoms with E-state index in [0.29, 0.717) is 13.2 Å². The van der Waals surface area contributed by atoms with Gasteiger partial charge in [-0.15, -0.1) is 0 Å². The summed E-state index contributed by atoms with van der Waals surface area (Å²) in [7, 11) is 1.70. The first kappa shape index (κ1) is 21.8. The van der Waals surface area contributed by atoms with Gasteiger partial charge in [-0.25, -0.2) is 4.98 Å². The van der Waals surface area contributed by atoms with Crippen LogP contribution in [-0.2, 0) is 11.3 Å². The average molecular weight is 388 g/mol. The van der Waals surface area contributed by atoms with Gasteiger partial charge in [-0.05, 0) is 38.8 Å². The number of anilines is 1. The molecule has 0 fully saturated rings. The highest BCUT2D eigenvalue weighted by Crippen LogP contribution is 2.17. The third-order valence-electron chi connectivity index (χ3n) is 4.20. The highest BCUT2D eigenvalue weighted by atomic mass is 16.5. The van der Waals surface area contributed by atoms with Crippen molar-refractivity contribution in [3.63, 3.8) is 0 Å². The van der Waals surface area contributed by atoms with Crippen molar-refractivity contribution < 1.29 is 9.47 Å². The molecule has 0 saturated carbocycles. The summed E-state index contributed by atoms with van der Waals surface area (Å²) >= 11 is 0. The Hall–Kier alpha value is -2.54. The molecular formula is C21H33N5O2. The molecule has 1 aromatic heterocycles. The van der Waals surface area contributed by atoms with Crippen molar-refractivity contribution in [2.75, 3.05) is 38.7 Å². The molecule has 154 valence electrons. The lowest BCUT2D eigenvalue weighted by Crippen LogP contribution is -2.30. The van der Waals surface area contributed by atoms with Crippen LogP contribution in [0.15, 0.2) is 41.7 Å². The molecule has 0 unspecified atom stereocenters. The molecular weight excluding hydrogens is 354 g/mol. The van der Waals surface area contributed by atoms with E-state index in [1.54, 1.807) is 7.11 Å². The number of nitrogens with one attached hydrogen (secondary N) is 2. The van der Waals surface area contributed by atoms with Crippen LogP contribution in [0.4, 0.5) is 5.69 Å². The number of aliphatic imine (C=N–C) groups is 1. The Morgan fingerprint density at radius 1 is 1.21 bits per heavy atom. The van der Waals surface area contributed by atoms with E-state index in [-0.39, 0.29) is 0 Å². The van der Waals surface area contributed by atoms with Gasteiger partial charge in [0.2, 0.25) is 0 Å². The van der Waals surface area contributed by atoms with Gasteiger partial charge in [-0.2, -0.15) is 0 Å². The van der Waals surface area contributed by atoms with Gasteiger partial charge < -0.3 is 24.7 Å². The second-order valence-corrected chi connectivity index (χ2v) is 6.48. The maximum Gasteiger partial charge on any atom is 0.195 e. The predicted molar refractivity (Wildman–Crippen MR) is 114 cm³/mol. The van der Waals surface area contributed by atoms with Crippen molar-refractivity contribution in [1.29, 1.82) is 0 Å². The summed E-state index contributed by atoms with van der Waals surface area (Å²) in [5.74, 6) is 2.69. The molecule has 0 amide bonds. The number of ether oxygens (including phenoxy) is 2. The summed E-state index contributed by atoms with van der Waals surface area (Å²) in [6.45, 7) is 8.00. The number of rotatable bonds is 12. The van der Waals surface area contributed by atoms with Crippen molar-refractivity contribution in [3.05, 3.63) is 42.5 Å². The third-order valence-corrected chi connectivity index (χ3v) is 4.20. The predicted octanol–water partition coefficient (Wildman–Crippen LogP) is 3.46. The van der Waals surface area contributed by atoms with E-state index in [0.717, 1.165) is 62.1 Å². The lowest BCUT2D eigenvalue weighted by molar-refractivity contribution is 0.172. The van der Waals surface area contributed by atoms with Gasteiger partial charge in [0, 0.05) is 63.9 Å². The van der Waals surface area contributed by atoms with Crippen LogP contribution in [0.5, 0.6) is 5.75 Å². The Bertz CT molecular complexity index is 714. The highest BCUT2D eigenvalue weighted by Gasteiger charge is 2.02. The summed E-state index contributed by atoms with van der Waals surface area (Å²) in [5, 5.41) is 6.64. The first-order valence-corrected chi connectivity index (χ1v) is 9.97. The lowest BCUT2D eigenvalue weighted by Gasteiger charge is -2.13. The van der Waals surface area contributed by atoms with Crippen molar-refractivity contribution in [1.82, 2.24) is 14.9 Å². The fraction of sp³-hybridized carbons (Fsp3) is 0.524. The maximum absolute atomic E-state index is 5.76. The number of guanidine groups is 1. The number of benzene rings is 1. The Morgan fingerprint density at radius 2 is 2.11 bits per heavy atom. The quantitative estimate of drug-likeness (QED) is 0.331. The van der Waals surface area contributed by atoms with Gasteiger partial charge in [0.15, 0.2) is 5.96 Å². The van der Waals surface area contributed by atoms with E-state index in [1.807, 2.05) is 43.6 Å². The van der Waals surface area contributed by atoms with Crippen LogP contribution < -0.4 is 15.4 Å². The molecule has 0 atom stereocenters. The Balaban J connectivity index is 1.80. The molecule has 7 nitrogen and oxygen atoms in total. The maximum atomic E-state index is 5.76. The van der Waals surface area contributed by atoms with Gasteiger partial charge in [0.25, 0.3) is 0 Å². The number of hydrogen-bond acceptors (Lipinski definition) is 4. The third kappa shape index (κ3) is 8.00. The summed E-state index contributed by atoms with van der Waals surface area (Å²) < 4.78 is 13.0. The van der Waals surface area contributed by atoms with Crippen molar-refractivity contribution in [2.24, 2.45) is 4.99 Å². The minimum absolute atomic E-state index is 0.641. The van der Waals surface area contributed by atoms with Gasteiger partial charge in [0.1, 0.15) is 11.6 Å². The monoisotopic (exact) mass is 387 g/mol. The molecule has 1 heterocycles. The lowest BCUT2D eigenvalue weighted by atomic mass is 10.3. The van der Waals surface area contributed by atoms with Crippen LogP contribution >= 0.6 is 0 Å². The molecule has 2 aromatic rings. The molecule has 0 saturated heterocycles. The normalized spacial score (nSPS) is 11.5. The standard InChI is InChI=1S/C21H33N5O2/c1-4-22-21(24-11-5-6-13-26-14-12-23-18(26)2)25-19-9-7-10-20(17-19)28-16-8-15-27-3/h7,9-10,12,14,17H,4-6,8,11,13,15-16H2,1-3H3,(H2,22,24,25). The summed E-state index contributed by atoms with van der Waals surface area (Å²) in [6, 6.07) is 7.93. The van der Waals surface area contributed by atoms with E-state index in [4.69, 9.17) is 9.47 Å². The zero-order valence-electron chi connectivity index (χ0n) is 17.3. The molecule has 0 aliphatic heterocycles. The van der Waals surface area contributed by atoms with Crippen LogP contribution in [0.3, 0.4) is 0 Å². The fourth-order valence-corrected chi connectivity index (χ4v) is 2.73. The number of unbranched alkanes of at least 4 members (excludes halogenated alkanes) is 1. The molecule has 0 aliphatic carbocycles. The molecule has 0 bridgehead atoms. The Morgan fingerprint density at radius 3 is 2.86 bits per heavy atom. The minimum Gasteiger partial charge on any atom is -0.493 e. The number of aryl methyl sites for hydroxylation is 2. The van der Waals surface area contributed by atoms with Gasteiger partial charge in [-0.3, -0.25) is 4.99 Å². The second-order valence-electron chi connectivity index (χ2n) is 6.48. The van der Waals surface area contributed by atoms with E-state index in [9.17, 15) is 0 Å². The molecule has 0 spiro atoms. The van der Waals surface area contributed by atoms with Crippen molar-refractivity contribution in [3.8, 4) is 5.75 Å². The van der Waals surface area contributed by atoms with E-state index >= 15 is 0 Å². The van der Waals surface area contributed by atoms with Crippen LogP contribution in [0.2, 0.25) is 0 Å². The number of aromatic nitrogens is 2. The molecule has 2 rings (SSSR count). The average Bonchev–Trinajstić information content (AvgIpc) is 3.10. The summed E-state index contributed by atoms with van der Waals surface area (Å²) in [6.07, 6.45) is 6.84. The molecule has 2 N–H and O–H groups in total. The molecule has 28 heavy (non-hydrogen) atoms. The van der Waals surface area contributed by atoms with Crippen LogP contribution in [0, 0.1) is 6.92 Å². The van der Waals surface area contributed by atoms with Crippen LogP contribution in [-0.4, -0.2) is 48.9 Å². The fourth-order valence-electron chi connectivity index (χ4n) is 2.73. The van der Waals surface area contributed by atoms with E-state index < -0.39 is 0 Å². The van der Waals surface area contributed by atoms with E-state index in [1.165, 1.54) is 0 Å². The molecule has 1 aromatic carbocycles. The van der Waals surface area contributed by atoms with Crippen LogP contribution in [0.25, 0.3) is 0 Å². The highest BCUT2D eigenvalue weighted by molar-refractivity contribution is 5.93. The SMILES string of the molecule is CCNC(=NCCCCn1ccnc1C)Nc1cccc(OCCCOC)c1. The summed E-state index contributed by atoms with van der Waals surface area (Å²) in [4.78, 5) is 8.93. The Labute approximate surface area is 168 Å². The molecule has 0 radical (unpaired) electrons. The number of nitrogens with zero attached hydrogens (tertiary/aromatic N) is 3. The minimum atomic E-state index is 0.641. The van der Waals surface area contributed by atoms with Crippen molar-refractivity contribution >= 4 is 11.6 Å². The number of imidazole rings is 1. The smallest absolute Gasteiger partial charge is 0.195 e. The first-order valence-electron chi connectivity index (χ1n) is 9.97. The second kappa shape index (κ2) is 12.8. The number of hydrogen-bond donors (Lipinski definition) is 2. The number of methoxy groups -OCH3 is 1. The van der Waals surface area contributed by atoms with E-state index in [2.05, 4.69) is 32.1 Å². The molecule has 0 aliphatic rings. The van der Waals surface area contributed by atoms with Crippen LogP contribution in [0.1, 0.15) is 32.0 Å². The zero-order valence-corrected chi connectivity index (χ0v) is 17.3. The van der Waals surface area contributed by atoms with Gasteiger partial charge >= 0.3 is 0 Å². The topological polar surface area (TPSA) is 72.7 Å².